The fourth-order valence-corrected chi connectivity index (χ4v) is 5.97. The molecule has 5 aromatic rings. The zero-order valence-corrected chi connectivity index (χ0v) is 26.2. The standard InChI is InChI=1S/C32H36N6O5S/c1-22(24-13-9-10-14-33-24)35-31(39)26-17-25(36-38(26)15-16-43-21-23-11-7-6-8-12-23)27-19-34-30-18-28(42-5)29(20-37(27)30)44(40,41)32(2,3)4/h6-14,17-20,22H,15-16,21H2,1-5H3,(H,35,39)/t22-/m1/s1. The number of benzene rings is 1. The van der Waals surface area contributed by atoms with E-state index in [-0.39, 0.29) is 22.6 Å². The molecule has 0 fully saturated rings. The second-order valence-corrected chi connectivity index (χ2v) is 14.0. The Morgan fingerprint density at radius 3 is 2.48 bits per heavy atom. The number of rotatable bonds is 11. The number of methoxy groups -OCH3 is 1. The van der Waals surface area contributed by atoms with Crippen LogP contribution in [0.15, 0.2) is 84.1 Å². The van der Waals surface area contributed by atoms with Crippen molar-refractivity contribution in [2.24, 2.45) is 0 Å². The van der Waals surface area contributed by atoms with Gasteiger partial charge in [0.15, 0.2) is 9.84 Å². The third-order valence-electron chi connectivity index (χ3n) is 7.20. The number of carbonyl (C=O) groups excluding carboxylic acids is 1. The van der Waals surface area contributed by atoms with Gasteiger partial charge in [-0.05, 0) is 51.5 Å². The van der Waals surface area contributed by atoms with Crippen molar-refractivity contribution in [3.8, 4) is 17.1 Å². The average Bonchev–Trinajstić information content (AvgIpc) is 3.63. The molecule has 1 N–H and O–H groups in total. The van der Waals surface area contributed by atoms with Crippen LogP contribution in [0.4, 0.5) is 0 Å². The molecule has 0 aliphatic heterocycles. The van der Waals surface area contributed by atoms with Crippen LogP contribution in [0.25, 0.3) is 17.0 Å². The van der Waals surface area contributed by atoms with Gasteiger partial charge in [-0.2, -0.15) is 5.10 Å². The lowest BCUT2D eigenvalue weighted by Crippen LogP contribution is -2.29. The smallest absolute Gasteiger partial charge is 0.270 e. The first kappa shape index (κ1) is 30.9. The van der Waals surface area contributed by atoms with Gasteiger partial charge in [-0.15, -0.1) is 0 Å². The van der Waals surface area contributed by atoms with Crippen LogP contribution in [-0.2, 0) is 27.7 Å². The highest BCUT2D eigenvalue weighted by molar-refractivity contribution is 7.92. The molecule has 4 heterocycles. The number of carbonyl (C=O) groups is 1. The number of nitrogens with zero attached hydrogens (tertiary/aromatic N) is 5. The molecule has 0 unspecified atom stereocenters. The molecule has 0 radical (unpaired) electrons. The molecule has 44 heavy (non-hydrogen) atoms. The van der Waals surface area contributed by atoms with Crippen molar-refractivity contribution < 1.29 is 22.7 Å². The van der Waals surface area contributed by atoms with E-state index in [0.29, 0.717) is 42.5 Å². The number of nitrogens with one attached hydrogen (secondary N) is 1. The number of hydrogen-bond acceptors (Lipinski definition) is 8. The van der Waals surface area contributed by atoms with Crippen LogP contribution >= 0.6 is 0 Å². The zero-order valence-electron chi connectivity index (χ0n) is 25.4. The molecule has 1 atom stereocenters. The van der Waals surface area contributed by atoms with Gasteiger partial charge >= 0.3 is 0 Å². The number of hydrogen-bond donors (Lipinski definition) is 1. The summed E-state index contributed by atoms with van der Waals surface area (Å²) in [4.78, 5) is 22.4. The number of imidazole rings is 1. The van der Waals surface area contributed by atoms with Gasteiger partial charge in [0, 0.05) is 18.5 Å². The molecule has 0 saturated carbocycles. The number of aromatic nitrogens is 5. The summed E-state index contributed by atoms with van der Waals surface area (Å²) in [7, 11) is -2.34. The molecule has 0 bridgehead atoms. The quantitative estimate of drug-likeness (QED) is 0.208. The summed E-state index contributed by atoms with van der Waals surface area (Å²) in [5.74, 6) is -0.134. The van der Waals surface area contributed by atoms with E-state index in [1.807, 2.05) is 55.5 Å². The highest BCUT2D eigenvalue weighted by atomic mass is 32.2. The van der Waals surface area contributed by atoms with E-state index in [9.17, 15) is 13.2 Å². The van der Waals surface area contributed by atoms with Gasteiger partial charge in [-0.1, -0.05) is 36.4 Å². The Hall–Kier alpha value is -4.55. The summed E-state index contributed by atoms with van der Waals surface area (Å²) in [6, 6.07) is 18.3. The number of sulfone groups is 1. The predicted octanol–water partition coefficient (Wildman–Crippen LogP) is 4.88. The van der Waals surface area contributed by atoms with Crippen LogP contribution in [-0.4, -0.2) is 56.9 Å². The molecule has 230 valence electrons. The summed E-state index contributed by atoms with van der Waals surface area (Å²) in [5, 5.41) is 7.75. The summed E-state index contributed by atoms with van der Waals surface area (Å²) >= 11 is 0. The van der Waals surface area contributed by atoms with E-state index in [4.69, 9.17) is 14.6 Å². The van der Waals surface area contributed by atoms with Crippen molar-refractivity contribution in [2.45, 2.75) is 56.5 Å². The fraction of sp³-hybridized carbons (Fsp3) is 0.312. The summed E-state index contributed by atoms with van der Waals surface area (Å²) in [6.45, 7) is 7.82. The summed E-state index contributed by atoms with van der Waals surface area (Å²) < 4.78 is 40.4. The van der Waals surface area contributed by atoms with Crippen molar-refractivity contribution >= 4 is 21.4 Å². The van der Waals surface area contributed by atoms with Gasteiger partial charge in [0.05, 0.1) is 55.2 Å². The minimum Gasteiger partial charge on any atom is -0.495 e. The third kappa shape index (κ3) is 6.36. The van der Waals surface area contributed by atoms with E-state index < -0.39 is 14.6 Å². The van der Waals surface area contributed by atoms with E-state index in [2.05, 4.69) is 15.3 Å². The Kier molecular flexibility index (Phi) is 8.84. The van der Waals surface area contributed by atoms with Crippen LogP contribution in [0.1, 0.15) is 55.5 Å². The maximum Gasteiger partial charge on any atom is 0.270 e. The van der Waals surface area contributed by atoms with Gasteiger partial charge in [-0.25, -0.2) is 13.4 Å². The molecular weight excluding hydrogens is 580 g/mol. The zero-order chi connectivity index (χ0) is 31.5. The van der Waals surface area contributed by atoms with Crippen molar-refractivity contribution in [2.75, 3.05) is 13.7 Å². The van der Waals surface area contributed by atoms with Gasteiger partial charge in [0.2, 0.25) is 0 Å². The van der Waals surface area contributed by atoms with Crippen molar-refractivity contribution in [3.05, 3.63) is 96.2 Å². The predicted molar refractivity (Wildman–Crippen MR) is 166 cm³/mol. The molecule has 5 rings (SSSR count). The second kappa shape index (κ2) is 12.6. The Balaban J connectivity index is 1.50. The fourth-order valence-electron chi connectivity index (χ4n) is 4.65. The lowest BCUT2D eigenvalue weighted by atomic mass is 10.2. The maximum absolute atomic E-state index is 13.6. The minimum atomic E-state index is -3.77. The first-order chi connectivity index (χ1) is 21.0. The van der Waals surface area contributed by atoms with Crippen LogP contribution in [0.2, 0.25) is 0 Å². The van der Waals surface area contributed by atoms with Crippen molar-refractivity contribution in [1.29, 1.82) is 0 Å². The number of pyridine rings is 2. The van der Waals surface area contributed by atoms with Crippen molar-refractivity contribution in [3.63, 3.8) is 0 Å². The Morgan fingerprint density at radius 1 is 1.05 bits per heavy atom. The van der Waals surface area contributed by atoms with E-state index >= 15 is 0 Å². The largest absolute Gasteiger partial charge is 0.495 e. The highest BCUT2D eigenvalue weighted by Crippen LogP contribution is 2.34. The van der Waals surface area contributed by atoms with Gasteiger partial charge < -0.3 is 14.8 Å². The highest BCUT2D eigenvalue weighted by Gasteiger charge is 2.34. The molecule has 12 heteroatoms. The molecule has 0 spiro atoms. The number of ether oxygens (including phenoxy) is 2. The van der Waals surface area contributed by atoms with Crippen LogP contribution in [0.5, 0.6) is 5.75 Å². The Labute approximate surface area is 256 Å². The van der Waals surface area contributed by atoms with Gasteiger partial charge in [0.1, 0.15) is 27.7 Å². The summed E-state index contributed by atoms with van der Waals surface area (Å²) in [6.07, 6.45) is 4.78. The molecule has 4 aromatic heterocycles. The van der Waals surface area contributed by atoms with E-state index in [0.717, 1.165) is 11.3 Å². The lowest BCUT2D eigenvalue weighted by Gasteiger charge is -2.21. The first-order valence-electron chi connectivity index (χ1n) is 14.2. The maximum atomic E-state index is 13.6. The lowest BCUT2D eigenvalue weighted by molar-refractivity contribution is 0.0911. The Bertz CT molecular complexity index is 1860. The van der Waals surface area contributed by atoms with E-state index in [1.54, 1.807) is 54.4 Å². The topological polar surface area (TPSA) is 130 Å². The third-order valence-corrected chi connectivity index (χ3v) is 9.70. The minimum absolute atomic E-state index is 0.0372. The summed E-state index contributed by atoms with van der Waals surface area (Å²) in [5.41, 5.74) is 3.52. The van der Waals surface area contributed by atoms with Crippen LogP contribution < -0.4 is 10.1 Å². The van der Waals surface area contributed by atoms with Crippen LogP contribution in [0, 0.1) is 0 Å². The van der Waals surface area contributed by atoms with Gasteiger partial charge in [0.25, 0.3) is 5.91 Å². The molecule has 1 aromatic carbocycles. The molecule has 0 aliphatic carbocycles. The molecule has 0 saturated heterocycles. The van der Waals surface area contributed by atoms with Crippen molar-refractivity contribution in [1.82, 2.24) is 29.5 Å². The van der Waals surface area contributed by atoms with Gasteiger partial charge in [-0.3, -0.25) is 18.9 Å². The number of amides is 1. The number of fused-ring (bicyclic) bond motifs is 1. The van der Waals surface area contributed by atoms with E-state index in [1.165, 1.54) is 13.3 Å². The monoisotopic (exact) mass is 616 g/mol. The second-order valence-electron chi connectivity index (χ2n) is 11.3. The first-order valence-corrected chi connectivity index (χ1v) is 15.7. The molecule has 1 amide bonds. The SMILES string of the molecule is COc1cc2ncc(-c3cc(C(=O)N[C@H](C)c4ccccn4)n(CCOCc4ccccc4)n3)n2cc1S(=O)(=O)C(C)(C)C. The normalized spacial score (nSPS) is 12.8. The molecule has 0 aliphatic rings. The molecular formula is C32H36N6O5S. The molecule has 11 nitrogen and oxygen atoms in total. The van der Waals surface area contributed by atoms with Crippen LogP contribution in [0.3, 0.4) is 0 Å². The average molecular weight is 617 g/mol. The Morgan fingerprint density at radius 2 is 1.80 bits per heavy atom.